The van der Waals surface area contributed by atoms with Gasteiger partial charge in [0, 0.05) is 10.8 Å². The van der Waals surface area contributed by atoms with Crippen LogP contribution in [-0.2, 0) is 5.60 Å². The lowest BCUT2D eigenvalue weighted by Crippen LogP contribution is -2.14. The number of aryl methyl sites for hydroxylation is 1. The van der Waals surface area contributed by atoms with Crippen molar-refractivity contribution in [3.05, 3.63) is 47.5 Å². The molecule has 1 aromatic heterocycles. The predicted octanol–water partition coefficient (Wildman–Crippen LogP) is 4.12. The van der Waals surface area contributed by atoms with Crippen molar-refractivity contribution in [3.63, 3.8) is 0 Å². The van der Waals surface area contributed by atoms with Crippen LogP contribution in [-0.4, -0.2) is 5.11 Å². The standard InChI is InChI=1S/C16H16O2/c1-10-4-6-14-12(8-10)13-9-11(16(2,3)17)5-7-15(13)18-14/h4-9,17H,1-3H3. The molecular weight excluding hydrogens is 224 g/mol. The minimum absolute atomic E-state index is 0.832. The maximum absolute atomic E-state index is 10.1. The van der Waals surface area contributed by atoms with E-state index < -0.39 is 5.60 Å². The zero-order chi connectivity index (χ0) is 12.9. The first kappa shape index (κ1) is 11.3. The van der Waals surface area contributed by atoms with Gasteiger partial charge in [0.05, 0.1) is 5.60 Å². The molecule has 0 fully saturated rings. The molecule has 0 aliphatic heterocycles. The SMILES string of the molecule is Cc1ccc2oc3ccc(C(C)(C)O)cc3c2c1. The van der Waals surface area contributed by atoms with Gasteiger partial charge in [-0.2, -0.15) is 0 Å². The predicted molar refractivity (Wildman–Crippen MR) is 73.7 cm³/mol. The summed E-state index contributed by atoms with van der Waals surface area (Å²) < 4.78 is 5.79. The molecule has 0 radical (unpaired) electrons. The van der Waals surface area contributed by atoms with Crippen LogP contribution in [0.5, 0.6) is 0 Å². The molecule has 2 heteroatoms. The Morgan fingerprint density at radius 1 is 0.944 bits per heavy atom. The van der Waals surface area contributed by atoms with E-state index in [2.05, 4.69) is 13.0 Å². The summed E-state index contributed by atoms with van der Waals surface area (Å²) in [6.07, 6.45) is 0. The van der Waals surface area contributed by atoms with Crippen molar-refractivity contribution in [2.75, 3.05) is 0 Å². The maximum atomic E-state index is 10.1. The minimum Gasteiger partial charge on any atom is -0.456 e. The van der Waals surface area contributed by atoms with E-state index in [1.165, 1.54) is 5.56 Å². The summed E-state index contributed by atoms with van der Waals surface area (Å²) >= 11 is 0. The lowest BCUT2D eigenvalue weighted by Gasteiger charge is -2.17. The lowest BCUT2D eigenvalue weighted by atomic mass is 9.96. The number of fused-ring (bicyclic) bond motifs is 3. The topological polar surface area (TPSA) is 33.4 Å². The summed E-state index contributed by atoms with van der Waals surface area (Å²) in [5.41, 5.74) is 3.03. The largest absolute Gasteiger partial charge is 0.456 e. The van der Waals surface area contributed by atoms with Crippen LogP contribution in [0.25, 0.3) is 21.9 Å². The van der Waals surface area contributed by atoms with Crippen LogP contribution in [0, 0.1) is 6.92 Å². The molecule has 3 aromatic rings. The van der Waals surface area contributed by atoms with E-state index in [0.717, 1.165) is 27.5 Å². The summed E-state index contributed by atoms with van der Waals surface area (Å²) in [6, 6.07) is 12.0. The monoisotopic (exact) mass is 240 g/mol. The van der Waals surface area contributed by atoms with E-state index in [9.17, 15) is 5.11 Å². The number of hydrogen-bond donors (Lipinski definition) is 1. The average Bonchev–Trinajstić information content (AvgIpc) is 2.65. The highest BCUT2D eigenvalue weighted by Gasteiger charge is 2.17. The van der Waals surface area contributed by atoms with Crippen molar-refractivity contribution in [1.29, 1.82) is 0 Å². The Balaban J connectivity index is 2.38. The Morgan fingerprint density at radius 3 is 2.22 bits per heavy atom. The smallest absolute Gasteiger partial charge is 0.135 e. The molecule has 0 bridgehead atoms. The van der Waals surface area contributed by atoms with E-state index in [4.69, 9.17) is 4.42 Å². The fourth-order valence-corrected chi connectivity index (χ4v) is 2.27. The number of aliphatic hydroxyl groups is 1. The zero-order valence-electron chi connectivity index (χ0n) is 10.8. The highest BCUT2D eigenvalue weighted by Crippen LogP contribution is 2.32. The van der Waals surface area contributed by atoms with Crippen LogP contribution in [0.4, 0.5) is 0 Å². The molecular formula is C16H16O2. The molecule has 0 atom stereocenters. The molecule has 0 amide bonds. The normalized spacial score (nSPS) is 12.4. The van der Waals surface area contributed by atoms with Gasteiger partial charge in [-0.1, -0.05) is 17.7 Å². The van der Waals surface area contributed by atoms with Crippen LogP contribution in [0.1, 0.15) is 25.0 Å². The van der Waals surface area contributed by atoms with E-state index in [0.29, 0.717) is 0 Å². The summed E-state index contributed by atoms with van der Waals surface area (Å²) in [5, 5.41) is 12.3. The number of hydrogen-bond acceptors (Lipinski definition) is 2. The third kappa shape index (κ3) is 1.70. The third-order valence-electron chi connectivity index (χ3n) is 3.33. The molecule has 18 heavy (non-hydrogen) atoms. The zero-order valence-corrected chi connectivity index (χ0v) is 10.8. The van der Waals surface area contributed by atoms with Crippen LogP contribution in [0.3, 0.4) is 0 Å². The van der Waals surface area contributed by atoms with Gasteiger partial charge in [-0.15, -0.1) is 0 Å². The molecule has 1 N–H and O–H groups in total. The first-order valence-electron chi connectivity index (χ1n) is 6.11. The fourth-order valence-electron chi connectivity index (χ4n) is 2.27. The van der Waals surface area contributed by atoms with Gasteiger partial charge in [0.25, 0.3) is 0 Å². The quantitative estimate of drug-likeness (QED) is 0.694. The molecule has 3 rings (SSSR count). The molecule has 0 saturated carbocycles. The molecule has 1 heterocycles. The molecule has 2 aromatic carbocycles. The van der Waals surface area contributed by atoms with E-state index in [1.807, 2.05) is 30.3 Å². The molecule has 0 aliphatic carbocycles. The molecule has 2 nitrogen and oxygen atoms in total. The van der Waals surface area contributed by atoms with E-state index >= 15 is 0 Å². The fraction of sp³-hybridized carbons (Fsp3) is 0.250. The van der Waals surface area contributed by atoms with E-state index in [-0.39, 0.29) is 0 Å². The van der Waals surface area contributed by atoms with Gasteiger partial charge in [0.1, 0.15) is 11.2 Å². The molecule has 0 spiro atoms. The van der Waals surface area contributed by atoms with Crippen molar-refractivity contribution in [1.82, 2.24) is 0 Å². The first-order chi connectivity index (χ1) is 8.45. The van der Waals surface area contributed by atoms with Crippen LogP contribution >= 0.6 is 0 Å². The average molecular weight is 240 g/mol. The van der Waals surface area contributed by atoms with Crippen molar-refractivity contribution in [2.45, 2.75) is 26.4 Å². The Kier molecular flexibility index (Phi) is 2.26. The Hall–Kier alpha value is -1.80. The Bertz CT molecular complexity index is 730. The molecule has 0 aliphatic rings. The van der Waals surface area contributed by atoms with Crippen LogP contribution < -0.4 is 0 Å². The molecule has 92 valence electrons. The number of benzene rings is 2. The van der Waals surface area contributed by atoms with Crippen LogP contribution in [0.15, 0.2) is 40.8 Å². The van der Waals surface area contributed by atoms with Crippen LogP contribution in [0.2, 0.25) is 0 Å². The summed E-state index contributed by atoms with van der Waals surface area (Å²) in [5.74, 6) is 0. The van der Waals surface area contributed by atoms with Gasteiger partial charge in [-0.25, -0.2) is 0 Å². The Labute approximate surface area is 106 Å². The summed E-state index contributed by atoms with van der Waals surface area (Å²) in [7, 11) is 0. The first-order valence-corrected chi connectivity index (χ1v) is 6.11. The van der Waals surface area contributed by atoms with E-state index in [1.54, 1.807) is 13.8 Å². The van der Waals surface area contributed by atoms with Gasteiger partial charge < -0.3 is 9.52 Å². The minimum atomic E-state index is -0.832. The van der Waals surface area contributed by atoms with Gasteiger partial charge >= 0.3 is 0 Å². The summed E-state index contributed by atoms with van der Waals surface area (Å²) in [4.78, 5) is 0. The van der Waals surface area contributed by atoms with Crippen molar-refractivity contribution >= 4 is 21.9 Å². The Morgan fingerprint density at radius 2 is 1.56 bits per heavy atom. The summed E-state index contributed by atoms with van der Waals surface area (Å²) in [6.45, 7) is 5.65. The molecule has 0 unspecified atom stereocenters. The highest BCUT2D eigenvalue weighted by atomic mass is 16.3. The highest BCUT2D eigenvalue weighted by molar-refractivity contribution is 6.05. The second-order valence-corrected chi connectivity index (χ2v) is 5.37. The van der Waals surface area contributed by atoms with Crippen molar-refractivity contribution < 1.29 is 9.52 Å². The van der Waals surface area contributed by atoms with Crippen molar-refractivity contribution in [3.8, 4) is 0 Å². The van der Waals surface area contributed by atoms with Gasteiger partial charge in [0.15, 0.2) is 0 Å². The lowest BCUT2D eigenvalue weighted by molar-refractivity contribution is 0.0787. The second-order valence-electron chi connectivity index (χ2n) is 5.37. The number of rotatable bonds is 1. The van der Waals surface area contributed by atoms with Gasteiger partial charge in [0.2, 0.25) is 0 Å². The third-order valence-corrected chi connectivity index (χ3v) is 3.33. The molecule has 0 saturated heterocycles. The maximum Gasteiger partial charge on any atom is 0.135 e. The van der Waals surface area contributed by atoms with Crippen molar-refractivity contribution in [2.24, 2.45) is 0 Å². The second kappa shape index (κ2) is 3.59. The number of furan rings is 1. The van der Waals surface area contributed by atoms with Gasteiger partial charge in [-0.3, -0.25) is 0 Å². The van der Waals surface area contributed by atoms with Gasteiger partial charge in [-0.05, 0) is 50.6 Å².